The normalized spacial score (nSPS) is 12.0. The van der Waals surface area contributed by atoms with E-state index in [1.54, 1.807) is 0 Å². The van der Waals surface area contributed by atoms with Gasteiger partial charge in [-0.15, -0.1) is 12.4 Å². The van der Waals surface area contributed by atoms with Crippen LogP contribution in [0.5, 0.6) is 5.75 Å². The second-order valence-electron chi connectivity index (χ2n) is 2.59. The monoisotopic (exact) mass is 287 g/mol. The summed E-state index contributed by atoms with van der Waals surface area (Å²) < 4.78 is 25.4. The fourth-order valence-electron chi connectivity index (χ4n) is 0.952. The van der Waals surface area contributed by atoms with Gasteiger partial charge in [-0.25, -0.2) is 8.78 Å². The highest BCUT2D eigenvalue weighted by molar-refractivity contribution is 9.10. The first-order valence-corrected chi connectivity index (χ1v) is 4.35. The molecule has 1 rings (SSSR count). The van der Waals surface area contributed by atoms with Crippen molar-refractivity contribution in [2.75, 3.05) is 6.67 Å². The molecule has 0 radical (unpaired) electrons. The zero-order valence-electron chi connectivity index (χ0n) is 7.01. The molecule has 0 aliphatic carbocycles. The van der Waals surface area contributed by atoms with Gasteiger partial charge in [0, 0.05) is 10.0 Å². The van der Waals surface area contributed by atoms with E-state index < -0.39 is 24.3 Å². The Kier molecular flexibility index (Phi) is 5.33. The molecule has 1 aromatic rings. The van der Waals surface area contributed by atoms with Crippen LogP contribution in [0.2, 0.25) is 0 Å². The van der Waals surface area contributed by atoms with Crippen LogP contribution < -0.4 is 5.73 Å². The highest BCUT2D eigenvalue weighted by Crippen LogP contribution is 2.29. The van der Waals surface area contributed by atoms with Crippen LogP contribution in [0.3, 0.4) is 0 Å². The molecule has 0 bridgehead atoms. The topological polar surface area (TPSA) is 46.2 Å². The Morgan fingerprint density at radius 2 is 2.07 bits per heavy atom. The largest absolute Gasteiger partial charge is 0.505 e. The highest BCUT2D eigenvalue weighted by atomic mass is 79.9. The molecule has 1 atom stereocenters. The number of rotatable bonds is 2. The molecule has 1 aromatic carbocycles. The summed E-state index contributed by atoms with van der Waals surface area (Å²) in [5.74, 6) is -1.40. The molecule has 0 fully saturated rings. The summed E-state index contributed by atoms with van der Waals surface area (Å²) in [5, 5.41) is 9.18. The van der Waals surface area contributed by atoms with Gasteiger partial charge in [-0.05, 0) is 12.1 Å². The summed E-state index contributed by atoms with van der Waals surface area (Å²) >= 11 is 3.02. The van der Waals surface area contributed by atoms with Crippen LogP contribution in [-0.4, -0.2) is 11.8 Å². The lowest BCUT2D eigenvalue weighted by Crippen LogP contribution is -2.12. The van der Waals surface area contributed by atoms with Crippen molar-refractivity contribution in [1.29, 1.82) is 0 Å². The van der Waals surface area contributed by atoms with E-state index >= 15 is 0 Å². The predicted molar refractivity (Wildman–Crippen MR) is 55.9 cm³/mol. The summed E-state index contributed by atoms with van der Waals surface area (Å²) in [7, 11) is 0. The smallest absolute Gasteiger partial charge is 0.166 e. The Hall–Kier alpha value is -0.390. The molecule has 0 heterocycles. The van der Waals surface area contributed by atoms with E-state index in [0.29, 0.717) is 4.47 Å². The van der Waals surface area contributed by atoms with Crippen molar-refractivity contribution in [1.82, 2.24) is 0 Å². The molecule has 6 heteroatoms. The Morgan fingerprint density at radius 1 is 1.50 bits per heavy atom. The van der Waals surface area contributed by atoms with Crippen molar-refractivity contribution in [3.63, 3.8) is 0 Å². The van der Waals surface area contributed by atoms with Gasteiger partial charge >= 0.3 is 0 Å². The van der Waals surface area contributed by atoms with Crippen LogP contribution in [0, 0.1) is 5.82 Å². The van der Waals surface area contributed by atoms with Gasteiger partial charge in [0.25, 0.3) is 0 Å². The van der Waals surface area contributed by atoms with Crippen molar-refractivity contribution in [3.8, 4) is 5.75 Å². The van der Waals surface area contributed by atoms with Crippen molar-refractivity contribution < 1.29 is 13.9 Å². The minimum absolute atomic E-state index is 0. The molecule has 0 spiro atoms. The fourth-order valence-corrected chi connectivity index (χ4v) is 1.40. The molecule has 0 aromatic heterocycles. The number of hydrogen-bond donors (Lipinski definition) is 2. The minimum atomic E-state index is -0.994. The van der Waals surface area contributed by atoms with Gasteiger partial charge in [0.2, 0.25) is 0 Å². The Morgan fingerprint density at radius 3 is 2.57 bits per heavy atom. The SMILES string of the molecule is Cl.N[C@@H](CF)c1cc(Br)cc(F)c1O. The molecule has 14 heavy (non-hydrogen) atoms. The van der Waals surface area contributed by atoms with Gasteiger partial charge in [0.15, 0.2) is 11.6 Å². The molecule has 0 aliphatic rings. The molecule has 80 valence electrons. The van der Waals surface area contributed by atoms with Crippen LogP contribution in [-0.2, 0) is 0 Å². The number of phenols is 1. The number of nitrogens with two attached hydrogens (primary N) is 1. The van der Waals surface area contributed by atoms with Crippen LogP contribution in [0.1, 0.15) is 11.6 Å². The highest BCUT2D eigenvalue weighted by Gasteiger charge is 2.15. The molecule has 0 saturated heterocycles. The third-order valence-corrected chi connectivity index (χ3v) is 2.08. The maximum Gasteiger partial charge on any atom is 0.166 e. The maximum absolute atomic E-state index is 12.9. The van der Waals surface area contributed by atoms with Gasteiger partial charge in [-0.2, -0.15) is 0 Å². The van der Waals surface area contributed by atoms with E-state index in [0.717, 1.165) is 6.07 Å². The summed E-state index contributed by atoms with van der Waals surface area (Å²) in [6.45, 7) is -0.844. The first-order valence-electron chi connectivity index (χ1n) is 3.55. The van der Waals surface area contributed by atoms with Gasteiger partial charge in [0.05, 0.1) is 6.04 Å². The van der Waals surface area contributed by atoms with Crippen LogP contribution in [0.4, 0.5) is 8.78 Å². The second-order valence-corrected chi connectivity index (χ2v) is 3.50. The number of benzene rings is 1. The Bertz CT molecular complexity index is 324. The van der Waals surface area contributed by atoms with Gasteiger partial charge in [0.1, 0.15) is 6.67 Å². The second kappa shape index (κ2) is 5.48. The van der Waals surface area contributed by atoms with E-state index in [-0.39, 0.29) is 18.0 Å². The zero-order valence-corrected chi connectivity index (χ0v) is 9.41. The van der Waals surface area contributed by atoms with E-state index in [2.05, 4.69) is 15.9 Å². The van der Waals surface area contributed by atoms with Crippen molar-refractivity contribution in [2.45, 2.75) is 6.04 Å². The van der Waals surface area contributed by atoms with Crippen LogP contribution in [0.15, 0.2) is 16.6 Å². The van der Waals surface area contributed by atoms with E-state index in [9.17, 15) is 13.9 Å². The summed E-state index contributed by atoms with van der Waals surface area (Å²) in [5.41, 5.74) is 5.37. The lowest BCUT2D eigenvalue weighted by atomic mass is 10.1. The van der Waals surface area contributed by atoms with Gasteiger partial charge in [-0.1, -0.05) is 15.9 Å². The summed E-state index contributed by atoms with van der Waals surface area (Å²) in [4.78, 5) is 0. The molecule has 2 nitrogen and oxygen atoms in total. The molecule has 0 amide bonds. The van der Waals surface area contributed by atoms with E-state index in [1.807, 2.05) is 0 Å². The lowest BCUT2D eigenvalue weighted by Gasteiger charge is -2.10. The van der Waals surface area contributed by atoms with Crippen molar-refractivity contribution >= 4 is 28.3 Å². The van der Waals surface area contributed by atoms with E-state index in [1.165, 1.54) is 6.07 Å². The van der Waals surface area contributed by atoms with E-state index in [4.69, 9.17) is 5.73 Å². The molecular formula is C8H9BrClF2NO. The van der Waals surface area contributed by atoms with Crippen molar-refractivity contribution in [2.24, 2.45) is 5.73 Å². The maximum atomic E-state index is 12.9. The molecule has 3 N–H and O–H groups in total. The molecule has 0 unspecified atom stereocenters. The number of hydrogen-bond acceptors (Lipinski definition) is 2. The third-order valence-electron chi connectivity index (χ3n) is 1.62. The Balaban J connectivity index is 0.00000169. The predicted octanol–water partition coefficient (Wildman–Crippen LogP) is 2.68. The van der Waals surface area contributed by atoms with Gasteiger partial charge < -0.3 is 10.8 Å². The first-order chi connectivity index (χ1) is 6.06. The lowest BCUT2D eigenvalue weighted by molar-refractivity contribution is 0.396. The van der Waals surface area contributed by atoms with Crippen LogP contribution in [0.25, 0.3) is 0 Å². The number of alkyl halides is 1. The average Bonchev–Trinajstić information content (AvgIpc) is 2.10. The average molecular weight is 289 g/mol. The minimum Gasteiger partial charge on any atom is -0.505 e. The first kappa shape index (κ1) is 13.6. The molecule has 0 saturated carbocycles. The number of halogens is 4. The zero-order chi connectivity index (χ0) is 10.0. The number of phenolic OH excluding ortho intramolecular Hbond substituents is 1. The quantitative estimate of drug-likeness (QED) is 0.879. The summed E-state index contributed by atoms with van der Waals surface area (Å²) in [6, 6.07) is 1.49. The van der Waals surface area contributed by atoms with Crippen LogP contribution >= 0.6 is 28.3 Å². The Labute approximate surface area is 94.6 Å². The van der Waals surface area contributed by atoms with Gasteiger partial charge in [-0.3, -0.25) is 0 Å². The summed E-state index contributed by atoms with van der Waals surface area (Å²) in [6.07, 6.45) is 0. The molecular weight excluding hydrogens is 279 g/mol. The standard InChI is InChI=1S/C8H8BrF2NO.ClH/c9-4-1-5(7(12)3-10)8(13)6(11)2-4;/h1-2,7,13H,3,12H2;1H/t7-;/m0./s1. The third kappa shape index (κ3) is 2.80. The van der Waals surface area contributed by atoms with Crippen molar-refractivity contribution in [3.05, 3.63) is 28.0 Å². The molecule has 0 aliphatic heterocycles. The fraction of sp³-hybridized carbons (Fsp3) is 0.250. The number of aromatic hydroxyl groups is 1.